The normalized spacial score (nSPS) is 12.8. The topological polar surface area (TPSA) is 80.6 Å². The molecule has 0 spiro atoms. The lowest BCUT2D eigenvalue weighted by Gasteiger charge is -2.09. The Bertz CT molecular complexity index is 789. The van der Waals surface area contributed by atoms with E-state index in [-0.39, 0.29) is 0 Å². The lowest BCUT2D eigenvalue weighted by atomic mass is 10.4. The minimum Gasteiger partial charge on any atom is -0.356 e. The van der Waals surface area contributed by atoms with Crippen molar-refractivity contribution in [2.24, 2.45) is 0 Å². The van der Waals surface area contributed by atoms with Crippen LogP contribution >= 0.6 is 0 Å². The molecule has 0 radical (unpaired) electrons. The third-order valence-corrected chi connectivity index (χ3v) is 3.01. The zero-order valence-electron chi connectivity index (χ0n) is 8.73. The van der Waals surface area contributed by atoms with Crippen LogP contribution in [0.25, 0.3) is 5.52 Å². The fraction of sp³-hybridized carbons (Fsp3) is 0.125. The molecule has 19 heavy (non-hydrogen) atoms. The van der Waals surface area contributed by atoms with Gasteiger partial charge in [-0.25, -0.2) is 4.39 Å². The lowest BCUT2D eigenvalue weighted by Crippen LogP contribution is -2.29. The molecule has 0 aliphatic heterocycles. The Labute approximate surface area is 102 Å². The highest BCUT2D eigenvalue weighted by molar-refractivity contribution is 7.87. The van der Waals surface area contributed by atoms with E-state index in [1.54, 1.807) is 0 Å². The zero-order valence-corrected chi connectivity index (χ0v) is 9.55. The van der Waals surface area contributed by atoms with Crippen LogP contribution in [0, 0.1) is 5.82 Å². The molecule has 2 aromatic rings. The Morgan fingerprint density at radius 2 is 1.95 bits per heavy atom. The molecule has 0 unspecified atom stereocenters. The standard InChI is InChI=1S/C8H4F4N2O4S/c9-4-1-2-14-7(4)5(15)3-6(13-14)18-19(16,17)8(10,11)12/h1-3,13H. The smallest absolute Gasteiger partial charge is 0.356 e. The van der Waals surface area contributed by atoms with E-state index in [4.69, 9.17) is 0 Å². The van der Waals surface area contributed by atoms with Gasteiger partial charge in [0.2, 0.25) is 11.3 Å². The van der Waals surface area contributed by atoms with Crippen LogP contribution in [0.1, 0.15) is 0 Å². The predicted molar refractivity (Wildman–Crippen MR) is 53.6 cm³/mol. The number of rotatable bonds is 2. The van der Waals surface area contributed by atoms with E-state index >= 15 is 0 Å². The molecule has 0 aliphatic carbocycles. The third-order valence-electron chi connectivity index (χ3n) is 2.05. The van der Waals surface area contributed by atoms with E-state index in [9.17, 15) is 30.8 Å². The lowest BCUT2D eigenvalue weighted by molar-refractivity contribution is -0.0501. The van der Waals surface area contributed by atoms with E-state index < -0.39 is 38.3 Å². The Hall–Kier alpha value is -2.04. The summed E-state index contributed by atoms with van der Waals surface area (Å²) in [6.45, 7) is 0. The van der Waals surface area contributed by atoms with Crippen molar-refractivity contribution in [2.45, 2.75) is 5.51 Å². The Morgan fingerprint density at radius 3 is 2.53 bits per heavy atom. The van der Waals surface area contributed by atoms with Crippen LogP contribution in [0.2, 0.25) is 0 Å². The van der Waals surface area contributed by atoms with Crippen LogP contribution in [0.3, 0.4) is 0 Å². The van der Waals surface area contributed by atoms with Gasteiger partial charge in [-0.15, -0.1) is 0 Å². The van der Waals surface area contributed by atoms with Gasteiger partial charge in [-0.2, -0.15) is 21.6 Å². The Morgan fingerprint density at radius 1 is 1.32 bits per heavy atom. The fourth-order valence-electron chi connectivity index (χ4n) is 1.28. The molecule has 0 atom stereocenters. The number of hydrogen-bond donors (Lipinski definition) is 1. The van der Waals surface area contributed by atoms with Crippen molar-refractivity contribution in [3.05, 3.63) is 34.4 Å². The molecule has 0 saturated carbocycles. The zero-order chi connectivity index (χ0) is 14.4. The van der Waals surface area contributed by atoms with Crippen molar-refractivity contribution in [1.82, 2.24) is 9.61 Å². The quantitative estimate of drug-likeness (QED) is 0.509. The van der Waals surface area contributed by atoms with E-state index in [2.05, 4.69) is 4.18 Å². The molecule has 0 amide bonds. The molecule has 2 rings (SSSR count). The molecule has 104 valence electrons. The number of nitrogens with one attached hydrogen (secondary N) is 1. The first-order chi connectivity index (χ1) is 8.62. The van der Waals surface area contributed by atoms with Gasteiger partial charge in [0.05, 0.1) is 6.07 Å². The highest BCUT2D eigenvalue weighted by Gasteiger charge is 2.48. The average molecular weight is 300 g/mol. The molecule has 0 aliphatic rings. The van der Waals surface area contributed by atoms with Crippen LogP contribution in [0.5, 0.6) is 5.88 Å². The minimum absolute atomic E-state index is 0.404. The summed E-state index contributed by atoms with van der Waals surface area (Å²) < 4.78 is 75.1. The van der Waals surface area contributed by atoms with Crippen molar-refractivity contribution in [3.63, 3.8) is 0 Å². The molecular weight excluding hydrogens is 296 g/mol. The number of alkyl halides is 3. The number of H-pyrrole nitrogens is 1. The van der Waals surface area contributed by atoms with Crippen LogP contribution in [-0.4, -0.2) is 23.5 Å². The number of aromatic nitrogens is 2. The SMILES string of the molecule is O=c1cc(OS(=O)(=O)C(F)(F)F)[nH]n2ccc(F)c12. The summed E-state index contributed by atoms with van der Waals surface area (Å²) in [6, 6.07) is 1.27. The van der Waals surface area contributed by atoms with Crippen molar-refractivity contribution >= 4 is 15.6 Å². The van der Waals surface area contributed by atoms with Crippen molar-refractivity contribution in [1.29, 1.82) is 0 Å². The summed E-state index contributed by atoms with van der Waals surface area (Å²) in [4.78, 5) is 11.4. The molecule has 0 aromatic carbocycles. The van der Waals surface area contributed by atoms with Gasteiger partial charge >= 0.3 is 15.6 Å². The fourth-order valence-corrected chi connectivity index (χ4v) is 1.70. The number of halogens is 4. The first-order valence-corrected chi connectivity index (χ1v) is 5.93. The number of aromatic amines is 1. The summed E-state index contributed by atoms with van der Waals surface area (Å²) in [5.41, 5.74) is -7.15. The summed E-state index contributed by atoms with van der Waals surface area (Å²) in [5, 5.41) is 1.99. The number of nitrogens with zero attached hydrogens (tertiary/aromatic N) is 1. The monoisotopic (exact) mass is 300 g/mol. The molecule has 0 saturated heterocycles. The summed E-state index contributed by atoms with van der Waals surface area (Å²) in [7, 11) is -5.91. The Balaban J connectivity index is 2.52. The van der Waals surface area contributed by atoms with Crippen LogP contribution in [0.15, 0.2) is 23.1 Å². The second-order valence-electron chi connectivity index (χ2n) is 3.35. The maximum Gasteiger partial charge on any atom is 0.534 e. The average Bonchev–Trinajstić information content (AvgIpc) is 2.58. The third kappa shape index (κ3) is 2.28. The van der Waals surface area contributed by atoms with Gasteiger partial charge in [-0.3, -0.25) is 14.4 Å². The van der Waals surface area contributed by atoms with E-state index in [1.807, 2.05) is 5.10 Å². The molecule has 0 fully saturated rings. The van der Waals surface area contributed by atoms with E-state index in [0.717, 1.165) is 12.3 Å². The molecule has 2 heterocycles. The maximum atomic E-state index is 13.1. The predicted octanol–water partition coefficient (Wildman–Crippen LogP) is 0.995. The van der Waals surface area contributed by atoms with Gasteiger partial charge in [-0.05, 0) is 6.07 Å². The second kappa shape index (κ2) is 3.98. The minimum atomic E-state index is -5.91. The second-order valence-corrected chi connectivity index (χ2v) is 4.89. The molecule has 0 bridgehead atoms. The van der Waals surface area contributed by atoms with Gasteiger partial charge in [-0.1, -0.05) is 0 Å². The molecule has 6 nitrogen and oxygen atoms in total. The number of fused-ring (bicyclic) bond motifs is 1. The van der Waals surface area contributed by atoms with Crippen LogP contribution in [-0.2, 0) is 10.1 Å². The molecule has 11 heteroatoms. The summed E-state index contributed by atoms with van der Waals surface area (Å²) in [5.74, 6) is -1.89. The van der Waals surface area contributed by atoms with Crippen molar-refractivity contribution in [3.8, 4) is 5.88 Å². The van der Waals surface area contributed by atoms with Gasteiger partial charge in [0.25, 0.3) is 0 Å². The van der Waals surface area contributed by atoms with Gasteiger partial charge in [0.15, 0.2) is 5.82 Å². The molecule has 2 aromatic heterocycles. The van der Waals surface area contributed by atoms with E-state index in [1.165, 1.54) is 0 Å². The maximum absolute atomic E-state index is 13.1. The first kappa shape index (κ1) is 13.4. The largest absolute Gasteiger partial charge is 0.534 e. The summed E-state index contributed by atoms with van der Waals surface area (Å²) in [6.07, 6.45) is 0.985. The summed E-state index contributed by atoms with van der Waals surface area (Å²) >= 11 is 0. The Kier molecular flexibility index (Phi) is 2.81. The molecular formula is C8H4F4N2O4S. The van der Waals surface area contributed by atoms with Gasteiger partial charge in [0.1, 0.15) is 5.52 Å². The first-order valence-electron chi connectivity index (χ1n) is 4.52. The number of hydrogen-bond acceptors (Lipinski definition) is 4. The van der Waals surface area contributed by atoms with Gasteiger partial charge < -0.3 is 4.18 Å². The van der Waals surface area contributed by atoms with Crippen molar-refractivity contribution < 1.29 is 30.2 Å². The molecule has 1 N–H and O–H groups in total. The highest BCUT2D eigenvalue weighted by atomic mass is 32.2. The van der Waals surface area contributed by atoms with Crippen molar-refractivity contribution in [2.75, 3.05) is 0 Å². The van der Waals surface area contributed by atoms with Crippen LogP contribution in [0.4, 0.5) is 17.6 Å². The van der Waals surface area contributed by atoms with Gasteiger partial charge in [0, 0.05) is 6.20 Å². The highest BCUT2D eigenvalue weighted by Crippen LogP contribution is 2.25. The van der Waals surface area contributed by atoms with E-state index in [0.29, 0.717) is 10.6 Å². The van der Waals surface area contributed by atoms with Crippen LogP contribution < -0.4 is 9.61 Å².